The minimum Gasteiger partial charge on any atom is -0.306 e. The smallest absolute Gasteiger partial charge is 0.267 e. The molecule has 78 valence electrons. The molecule has 4 nitrogen and oxygen atoms in total. The summed E-state index contributed by atoms with van der Waals surface area (Å²) in [5, 5.41) is 0. The van der Waals surface area contributed by atoms with Gasteiger partial charge in [0.1, 0.15) is 0 Å². The van der Waals surface area contributed by atoms with Gasteiger partial charge in [-0.05, 0) is 26.8 Å². The molecule has 0 N–H and O–H groups in total. The first kappa shape index (κ1) is 10.9. The second-order valence-corrected chi connectivity index (χ2v) is 5.33. The van der Waals surface area contributed by atoms with Gasteiger partial charge in [-0.1, -0.05) is 0 Å². The van der Waals surface area contributed by atoms with Crippen LogP contribution in [0, 0.1) is 0 Å². The van der Waals surface area contributed by atoms with Gasteiger partial charge in [0.15, 0.2) is 0 Å². The summed E-state index contributed by atoms with van der Waals surface area (Å²) in [4.78, 5) is 2.18. The molecule has 0 aliphatic carbocycles. The number of piperidine rings is 1. The van der Waals surface area contributed by atoms with Crippen molar-refractivity contribution < 1.29 is 12.6 Å². The monoisotopic (exact) mass is 207 g/mol. The van der Waals surface area contributed by atoms with Gasteiger partial charge < -0.3 is 4.90 Å². The molecule has 0 bridgehead atoms. The molecule has 1 aliphatic heterocycles. The molecule has 0 aromatic rings. The van der Waals surface area contributed by atoms with Gasteiger partial charge in [-0.3, -0.25) is 4.18 Å². The van der Waals surface area contributed by atoms with Crippen molar-refractivity contribution in [2.75, 3.05) is 25.9 Å². The van der Waals surface area contributed by atoms with Crippen LogP contribution in [0.15, 0.2) is 0 Å². The quantitative estimate of drug-likeness (QED) is 0.630. The lowest BCUT2D eigenvalue weighted by molar-refractivity contribution is 0.120. The third kappa shape index (κ3) is 3.62. The first-order chi connectivity index (χ1) is 6.03. The Kier molecular flexibility index (Phi) is 3.70. The Hall–Kier alpha value is -0.130. The molecular weight excluding hydrogens is 190 g/mol. The molecule has 0 aromatic heterocycles. The van der Waals surface area contributed by atoms with Crippen LogP contribution in [0.1, 0.15) is 19.8 Å². The number of hydrogen-bond donors (Lipinski definition) is 0. The predicted octanol–water partition coefficient (Wildman–Crippen LogP) is 0.447. The second kappa shape index (κ2) is 4.39. The van der Waals surface area contributed by atoms with E-state index in [-0.39, 0.29) is 11.9 Å². The van der Waals surface area contributed by atoms with E-state index in [0.717, 1.165) is 25.9 Å². The molecule has 0 aromatic carbocycles. The van der Waals surface area contributed by atoms with Gasteiger partial charge in [0.2, 0.25) is 0 Å². The van der Waals surface area contributed by atoms with Crippen molar-refractivity contribution >= 4 is 10.1 Å². The SMILES string of the molecule is CCS(=O)(=O)OC1CCN(C)CC1. The fourth-order valence-electron chi connectivity index (χ4n) is 1.36. The van der Waals surface area contributed by atoms with Gasteiger partial charge in [-0.15, -0.1) is 0 Å². The fourth-order valence-corrected chi connectivity index (χ4v) is 2.10. The highest BCUT2D eigenvalue weighted by molar-refractivity contribution is 7.86. The molecule has 0 unspecified atom stereocenters. The summed E-state index contributed by atoms with van der Waals surface area (Å²) >= 11 is 0. The van der Waals surface area contributed by atoms with E-state index in [1.165, 1.54) is 0 Å². The molecule has 1 aliphatic rings. The van der Waals surface area contributed by atoms with E-state index in [0.29, 0.717) is 0 Å². The molecule has 13 heavy (non-hydrogen) atoms. The Balaban J connectivity index is 2.39. The van der Waals surface area contributed by atoms with Gasteiger partial charge in [0.25, 0.3) is 10.1 Å². The summed E-state index contributed by atoms with van der Waals surface area (Å²) in [7, 11) is -1.22. The van der Waals surface area contributed by atoms with Crippen LogP contribution in [0.4, 0.5) is 0 Å². The predicted molar refractivity (Wildman–Crippen MR) is 51.1 cm³/mol. The maximum Gasteiger partial charge on any atom is 0.267 e. The summed E-state index contributed by atoms with van der Waals surface area (Å²) < 4.78 is 27.2. The molecule has 1 rings (SSSR count). The molecule has 5 heteroatoms. The van der Waals surface area contributed by atoms with Crippen LogP contribution in [0.5, 0.6) is 0 Å². The maximum absolute atomic E-state index is 11.1. The zero-order chi connectivity index (χ0) is 9.90. The number of likely N-dealkylation sites (tertiary alicyclic amines) is 1. The molecule has 1 saturated heterocycles. The average molecular weight is 207 g/mol. The summed E-state index contributed by atoms with van der Waals surface area (Å²) in [6.45, 7) is 3.44. The number of nitrogens with zero attached hydrogens (tertiary/aromatic N) is 1. The van der Waals surface area contributed by atoms with Crippen LogP contribution >= 0.6 is 0 Å². The molecular formula is C8H17NO3S. The highest BCUT2D eigenvalue weighted by Gasteiger charge is 2.22. The highest BCUT2D eigenvalue weighted by Crippen LogP contribution is 2.14. The summed E-state index contributed by atoms with van der Waals surface area (Å²) in [5.74, 6) is 0.0688. The van der Waals surface area contributed by atoms with Crippen molar-refractivity contribution in [1.82, 2.24) is 4.90 Å². The normalized spacial score (nSPS) is 22.0. The van der Waals surface area contributed by atoms with Crippen molar-refractivity contribution in [3.05, 3.63) is 0 Å². The van der Waals surface area contributed by atoms with E-state index in [4.69, 9.17) is 4.18 Å². The fraction of sp³-hybridized carbons (Fsp3) is 1.00. The summed E-state index contributed by atoms with van der Waals surface area (Å²) in [6, 6.07) is 0. The van der Waals surface area contributed by atoms with Crippen molar-refractivity contribution in [2.45, 2.75) is 25.9 Å². The Bertz CT molecular complexity index is 242. The Labute approximate surface area is 80.0 Å². The van der Waals surface area contributed by atoms with E-state index in [1.807, 2.05) is 7.05 Å². The molecule has 0 spiro atoms. The van der Waals surface area contributed by atoms with Crippen molar-refractivity contribution in [2.24, 2.45) is 0 Å². The lowest BCUT2D eigenvalue weighted by Gasteiger charge is -2.28. The van der Waals surface area contributed by atoms with Gasteiger partial charge in [-0.25, -0.2) is 0 Å². The second-order valence-electron chi connectivity index (χ2n) is 3.45. The first-order valence-electron chi connectivity index (χ1n) is 4.63. The molecule has 0 amide bonds. The molecule has 1 heterocycles. The van der Waals surface area contributed by atoms with Crippen LogP contribution in [-0.4, -0.2) is 45.3 Å². The number of hydrogen-bond acceptors (Lipinski definition) is 4. The zero-order valence-corrected chi connectivity index (χ0v) is 9.01. The highest BCUT2D eigenvalue weighted by atomic mass is 32.2. The van der Waals surface area contributed by atoms with Gasteiger partial charge >= 0.3 is 0 Å². The van der Waals surface area contributed by atoms with Crippen LogP contribution in [0.25, 0.3) is 0 Å². The largest absolute Gasteiger partial charge is 0.306 e. The van der Waals surface area contributed by atoms with E-state index in [2.05, 4.69) is 4.90 Å². The van der Waals surface area contributed by atoms with Crippen molar-refractivity contribution in [1.29, 1.82) is 0 Å². The average Bonchev–Trinajstić information content (AvgIpc) is 2.09. The summed E-state index contributed by atoms with van der Waals surface area (Å²) in [6.07, 6.45) is 1.53. The van der Waals surface area contributed by atoms with Crippen LogP contribution in [0.3, 0.4) is 0 Å². The first-order valence-corrected chi connectivity index (χ1v) is 6.21. The van der Waals surface area contributed by atoms with E-state index >= 15 is 0 Å². The molecule has 1 fully saturated rings. The van der Waals surface area contributed by atoms with Crippen LogP contribution < -0.4 is 0 Å². The van der Waals surface area contributed by atoms with Gasteiger partial charge in [0.05, 0.1) is 11.9 Å². The van der Waals surface area contributed by atoms with Gasteiger partial charge in [-0.2, -0.15) is 8.42 Å². The minimum atomic E-state index is -3.26. The lowest BCUT2D eigenvalue weighted by atomic mass is 10.1. The molecule has 0 radical (unpaired) electrons. The molecule has 0 atom stereocenters. The minimum absolute atomic E-state index is 0.0688. The summed E-state index contributed by atoms with van der Waals surface area (Å²) in [5.41, 5.74) is 0. The number of rotatable bonds is 3. The topological polar surface area (TPSA) is 46.6 Å². The zero-order valence-electron chi connectivity index (χ0n) is 8.19. The van der Waals surface area contributed by atoms with E-state index < -0.39 is 10.1 Å². The van der Waals surface area contributed by atoms with Crippen LogP contribution in [-0.2, 0) is 14.3 Å². The lowest BCUT2D eigenvalue weighted by Crippen LogP contribution is -2.35. The Morgan fingerprint density at radius 1 is 1.38 bits per heavy atom. The third-order valence-electron chi connectivity index (χ3n) is 2.30. The Morgan fingerprint density at radius 2 is 1.92 bits per heavy atom. The van der Waals surface area contributed by atoms with E-state index in [1.54, 1.807) is 6.92 Å². The standard InChI is InChI=1S/C8H17NO3S/c1-3-13(10,11)12-8-4-6-9(2)7-5-8/h8H,3-7H2,1-2H3. The van der Waals surface area contributed by atoms with Gasteiger partial charge in [0, 0.05) is 13.1 Å². The third-order valence-corrected chi connectivity index (χ3v) is 3.57. The van der Waals surface area contributed by atoms with E-state index in [9.17, 15) is 8.42 Å². The Morgan fingerprint density at radius 3 is 2.38 bits per heavy atom. The van der Waals surface area contributed by atoms with Crippen LogP contribution in [0.2, 0.25) is 0 Å². The van der Waals surface area contributed by atoms with Crippen molar-refractivity contribution in [3.63, 3.8) is 0 Å². The maximum atomic E-state index is 11.1. The molecule has 0 saturated carbocycles. The van der Waals surface area contributed by atoms with Crippen molar-refractivity contribution in [3.8, 4) is 0 Å².